The first-order chi connectivity index (χ1) is 8.63. The molecule has 3 heteroatoms. The van der Waals surface area contributed by atoms with E-state index in [2.05, 4.69) is 23.1 Å². The van der Waals surface area contributed by atoms with Gasteiger partial charge in [-0.3, -0.25) is 0 Å². The quantitative estimate of drug-likeness (QED) is 0.799. The molecule has 18 heavy (non-hydrogen) atoms. The van der Waals surface area contributed by atoms with Crippen molar-refractivity contribution in [3.8, 4) is 11.8 Å². The van der Waals surface area contributed by atoms with Gasteiger partial charge in [0.05, 0.1) is 24.1 Å². The van der Waals surface area contributed by atoms with Crippen LogP contribution in [0.25, 0.3) is 0 Å². The summed E-state index contributed by atoms with van der Waals surface area (Å²) in [5.41, 5.74) is 1.01. The average molecular weight is 244 g/mol. The van der Waals surface area contributed by atoms with Crippen molar-refractivity contribution < 1.29 is 4.74 Å². The Balaban J connectivity index is 2.24. The summed E-state index contributed by atoms with van der Waals surface area (Å²) in [5, 5.41) is 9.37. The van der Waals surface area contributed by atoms with Crippen LogP contribution in [0.3, 0.4) is 0 Å². The minimum Gasteiger partial charge on any atom is -0.494 e. The summed E-state index contributed by atoms with van der Waals surface area (Å²) in [6.45, 7) is 2.66. The van der Waals surface area contributed by atoms with Gasteiger partial charge >= 0.3 is 0 Å². The minimum absolute atomic E-state index is 0.179. The van der Waals surface area contributed by atoms with Gasteiger partial charge in [0, 0.05) is 0 Å². The van der Waals surface area contributed by atoms with E-state index in [4.69, 9.17) is 4.74 Å². The molecule has 1 fully saturated rings. The van der Waals surface area contributed by atoms with Gasteiger partial charge < -0.3 is 9.64 Å². The molecule has 0 aromatic heterocycles. The van der Waals surface area contributed by atoms with Crippen molar-refractivity contribution in [1.29, 1.82) is 5.26 Å². The normalized spacial score (nSPS) is 18.2. The van der Waals surface area contributed by atoms with Crippen molar-refractivity contribution in [1.82, 2.24) is 4.90 Å². The number of benzene rings is 1. The molecule has 3 nitrogen and oxygen atoms in total. The number of hydrogen-bond donors (Lipinski definition) is 0. The molecule has 1 saturated carbocycles. The van der Waals surface area contributed by atoms with Gasteiger partial charge in [-0.05, 0) is 51.6 Å². The molecule has 0 heterocycles. The van der Waals surface area contributed by atoms with Crippen molar-refractivity contribution in [2.75, 3.05) is 20.7 Å². The second kappa shape index (κ2) is 4.99. The van der Waals surface area contributed by atoms with Gasteiger partial charge in [0.15, 0.2) is 0 Å². The van der Waals surface area contributed by atoms with Gasteiger partial charge in [0.1, 0.15) is 5.75 Å². The van der Waals surface area contributed by atoms with E-state index in [1.807, 2.05) is 33.2 Å². The highest BCUT2D eigenvalue weighted by Gasteiger charge is 2.51. The Bertz CT molecular complexity index is 441. The molecule has 1 unspecified atom stereocenters. The highest BCUT2D eigenvalue weighted by Crippen LogP contribution is 2.56. The summed E-state index contributed by atoms with van der Waals surface area (Å²) in [4.78, 5) is 2.14. The van der Waals surface area contributed by atoms with E-state index < -0.39 is 0 Å². The molecule has 1 atom stereocenters. The van der Waals surface area contributed by atoms with Crippen LogP contribution in [-0.2, 0) is 0 Å². The van der Waals surface area contributed by atoms with Crippen LogP contribution in [-0.4, -0.2) is 25.6 Å². The molecular formula is C15H20N2O. The molecule has 1 aromatic carbocycles. The van der Waals surface area contributed by atoms with Crippen LogP contribution in [0.5, 0.6) is 5.75 Å². The van der Waals surface area contributed by atoms with Crippen LogP contribution >= 0.6 is 0 Å². The average Bonchev–Trinajstić information content (AvgIpc) is 3.13. The van der Waals surface area contributed by atoms with E-state index in [9.17, 15) is 5.26 Å². The lowest BCUT2D eigenvalue weighted by atomic mass is 9.90. The number of nitriles is 1. The molecule has 0 spiro atoms. The lowest BCUT2D eigenvalue weighted by Crippen LogP contribution is -2.27. The molecule has 0 saturated heterocycles. The van der Waals surface area contributed by atoms with Crippen molar-refractivity contribution >= 4 is 0 Å². The van der Waals surface area contributed by atoms with Crippen molar-refractivity contribution in [2.24, 2.45) is 5.41 Å². The summed E-state index contributed by atoms with van der Waals surface area (Å²) < 4.78 is 5.45. The van der Waals surface area contributed by atoms with E-state index in [-0.39, 0.29) is 11.5 Å². The second-order valence-electron chi connectivity index (χ2n) is 5.14. The van der Waals surface area contributed by atoms with Crippen LogP contribution in [0.1, 0.15) is 31.4 Å². The zero-order valence-corrected chi connectivity index (χ0v) is 11.3. The summed E-state index contributed by atoms with van der Waals surface area (Å²) in [5.74, 6) is 0.889. The van der Waals surface area contributed by atoms with Crippen LogP contribution in [0.4, 0.5) is 0 Å². The third-order valence-electron chi connectivity index (χ3n) is 3.56. The Morgan fingerprint density at radius 1 is 1.33 bits per heavy atom. The zero-order valence-electron chi connectivity index (χ0n) is 11.3. The van der Waals surface area contributed by atoms with Crippen molar-refractivity contribution in [3.05, 3.63) is 29.8 Å². The third kappa shape index (κ3) is 2.34. The summed E-state index contributed by atoms with van der Waals surface area (Å²) >= 11 is 0. The van der Waals surface area contributed by atoms with E-state index >= 15 is 0 Å². The standard InChI is InChI=1S/C15H20N2O/c1-4-18-13-7-5-12(6-8-13)14(17(2)3)15(11-16)9-10-15/h5-8,14H,4,9-10H2,1-3H3. The van der Waals surface area contributed by atoms with Crippen LogP contribution in [0.2, 0.25) is 0 Å². The maximum Gasteiger partial charge on any atom is 0.119 e. The first kappa shape index (κ1) is 12.9. The number of nitrogens with zero attached hydrogens (tertiary/aromatic N) is 2. The van der Waals surface area contributed by atoms with E-state index in [0.29, 0.717) is 6.61 Å². The Morgan fingerprint density at radius 2 is 1.94 bits per heavy atom. The predicted octanol–water partition coefficient (Wildman–Crippen LogP) is 2.99. The predicted molar refractivity (Wildman–Crippen MR) is 71.3 cm³/mol. The Morgan fingerprint density at radius 3 is 2.33 bits per heavy atom. The monoisotopic (exact) mass is 244 g/mol. The molecule has 0 aliphatic heterocycles. The van der Waals surface area contributed by atoms with Gasteiger partial charge in [-0.15, -0.1) is 0 Å². The van der Waals surface area contributed by atoms with Crippen LogP contribution < -0.4 is 4.74 Å². The Labute approximate surface area is 109 Å². The highest BCUT2D eigenvalue weighted by atomic mass is 16.5. The fourth-order valence-corrected chi connectivity index (χ4v) is 2.61. The highest BCUT2D eigenvalue weighted by molar-refractivity contribution is 5.33. The van der Waals surface area contributed by atoms with Crippen LogP contribution in [0, 0.1) is 16.7 Å². The van der Waals surface area contributed by atoms with E-state index in [1.165, 1.54) is 5.56 Å². The van der Waals surface area contributed by atoms with Crippen LogP contribution in [0.15, 0.2) is 24.3 Å². The molecule has 2 rings (SSSR count). The molecule has 0 radical (unpaired) electrons. The summed E-state index contributed by atoms with van der Waals surface area (Å²) in [6.07, 6.45) is 2.00. The lowest BCUT2D eigenvalue weighted by molar-refractivity contribution is 0.232. The maximum absolute atomic E-state index is 9.37. The van der Waals surface area contributed by atoms with E-state index in [1.54, 1.807) is 0 Å². The number of rotatable bonds is 5. The first-order valence-corrected chi connectivity index (χ1v) is 6.43. The van der Waals surface area contributed by atoms with Gasteiger partial charge in [0.2, 0.25) is 0 Å². The molecule has 1 aliphatic carbocycles. The van der Waals surface area contributed by atoms with Gasteiger partial charge in [-0.25, -0.2) is 0 Å². The SMILES string of the molecule is CCOc1ccc(C(N(C)C)C2(C#N)CC2)cc1. The minimum atomic E-state index is -0.184. The van der Waals surface area contributed by atoms with E-state index in [0.717, 1.165) is 18.6 Å². The Kier molecular flexibility index (Phi) is 3.58. The molecule has 0 N–H and O–H groups in total. The number of ether oxygens (including phenoxy) is 1. The third-order valence-corrected chi connectivity index (χ3v) is 3.56. The Hall–Kier alpha value is -1.53. The van der Waals surface area contributed by atoms with Crippen molar-refractivity contribution in [2.45, 2.75) is 25.8 Å². The molecule has 96 valence electrons. The van der Waals surface area contributed by atoms with Gasteiger partial charge in [-0.2, -0.15) is 5.26 Å². The van der Waals surface area contributed by atoms with Crippen molar-refractivity contribution in [3.63, 3.8) is 0 Å². The number of hydrogen-bond acceptors (Lipinski definition) is 3. The molecular weight excluding hydrogens is 224 g/mol. The molecule has 0 amide bonds. The molecule has 0 bridgehead atoms. The summed E-state index contributed by atoms with van der Waals surface area (Å²) in [6, 6.07) is 10.8. The maximum atomic E-state index is 9.37. The zero-order chi connectivity index (χ0) is 13.2. The van der Waals surface area contributed by atoms with Gasteiger partial charge in [0.25, 0.3) is 0 Å². The summed E-state index contributed by atoms with van der Waals surface area (Å²) in [7, 11) is 4.08. The topological polar surface area (TPSA) is 36.3 Å². The largest absolute Gasteiger partial charge is 0.494 e. The molecule has 1 aromatic rings. The molecule has 1 aliphatic rings. The first-order valence-electron chi connectivity index (χ1n) is 6.43. The van der Waals surface area contributed by atoms with Gasteiger partial charge in [-0.1, -0.05) is 12.1 Å². The fourth-order valence-electron chi connectivity index (χ4n) is 2.61. The lowest BCUT2D eigenvalue weighted by Gasteiger charge is -2.29. The second-order valence-corrected chi connectivity index (χ2v) is 5.14. The smallest absolute Gasteiger partial charge is 0.119 e. The fraction of sp³-hybridized carbons (Fsp3) is 0.533.